The predicted molar refractivity (Wildman–Crippen MR) is 463 cm³/mol. The van der Waals surface area contributed by atoms with Crippen LogP contribution in [0.1, 0.15) is 83.5 Å². The van der Waals surface area contributed by atoms with Gasteiger partial charge in [0.25, 0.3) is 23.6 Å². The molecule has 2 aliphatic rings. The quantitative estimate of drug-likeness (QED) is 0.0409. The zero-order valence-electron chi connectivity index (χ0n) is 64.7. The Bertz CT molecular complexity index is 6540. The van der Waals surface area contributed by atoms with E-state index in [1.165, 1.54) is 31.0 Å². The molecule has 27 heteroatoms. The fourth-order valence-electron chi connectivity index (χ4n) is 14.3. The highest BCUT2D eigenvalue weighted by atomic mass is 19.1. The number of ether oxygens (including phenoxy) is 1. The molecule has 592 valence electrons. The Balaban J connectivity index is 0.000000119. The van der Waals surface area contributed by atoms with Crippen molar-refractivity contribution in [2.75, 3.05) is 71.3 Å². The smallest absolute Gasteiger partial charge is 0.276 e. The number of carbonyl (C=O) groups excluding carboxylic acids is 4. The number of aromatic amines is 4. The van der Waals surface area contributed by atoms with Crippen LogP contribution in [0.2, 0.25) is 0 Å². The lowest BCUT2D eigenvalue weighted by Gasteiger charge is -2.27. The molecule has 0 spiro atoms. The van der Waals surface area contributed by atoms with E-state index in [1.807, 2.05) is 176 Å². The number of pyridine rings is 5. The first kappa shape index (κ1) is 78.1. The van der Waals surface area contributed by atoms with Gasteiger partial charge in [0, 0.05) is 113 Å². The molecule has 0 aliphatic carbocycles. The molecule has 9 aromatic heterocycles. The maximum Gasteiger partial charge on any atom is 0.276 e. The fraction of sp³-hybridized carbons (Fsp3) is 0.118. The summed E-state index contributed by atoms with van der Waals surface area (Å²) in [4.78, 5) is 76.6. The van der Waals surface area contributed by atoms with Gasteiger partial charge >= 0.3 is 0 Å². The number of amides is 4. The van der Waals surface area contributed by atoms with Gasteiger partial charge in [-0.2, -0.15) is 25.7 Å². The van der Waals surface area contributed by atoms with Crippen LogP contribution < -0.4 is 31.9 Å². The summed E-state index contributed by atoms with van der Waals surface area (Å²) in [6.45, 7) is 5.88. The number of benzene rings is 8. The molecule has 19 rings (SSSR count). The summed E-state index contributed by atoms with van der Waals surface area (Å²) >= 11 is 0. The van der Waals surface area contributed by atoms with Crippen molar-refractivity contribution in [2.45, 2.75) is 32.2 Å². The van der Waals surface area contributed by atoms with Gasteiger partial charge in [-0.3, -0.25) is 64.4 Å². The number of nitrogen functional groups attached to an aromatic ring is 1. The number of piperidine rings is 1. The van der Waals surface area contributed by atoms with E-state index in [0.717, 1.165) is 139 Å². The molecule has 11 heterocycles. The lowest BCUT2D eigenvalue weighted by molar-refractivity contribution is 0.101. The number of nitriles is 1. The summed E-state index contributed by atoms with van der Waals surface area (Å²) < 4.78 is 19.8. The summed E-state index contributed by atoms with van der Waals surface area (Å²) in [7, 11) is 0. The Morgan fingerprint density at radius 1 is 0.408 bits per heavy atom. The molecular weight excluding hydrogens is 1510 g/mol. The third-order valence-electron chi connectivity index (χ3n) is 20.3. The van der Waals surface area contributed by atoms with Crippen molar-refractivity contribution < 1.29 is 28.3 Å². The number of anilines is 6. The van der Waals surface area contributed by atoms with E-state index in [-0.39, 0.29) is 35.1 Å². The van der Waals surface area contributed by atoms with Gasteiger partial charge < -0.3 is 36.6 Å². The van der Waals surface area contributed by atoms with Crippen molar-refractivity contribution in [3.63, 3.8) is 0 Å². The molecule has 0 radical (unpaired) electrons. The maximum absolute atomic E-state index is 14.5. The molecule has 8 aromatic carbocycles. The van der Waals surface area contributed by atoms with Gasteiger partial charge in [-0.1, -0.05) is 97.4 Å². The molecular formula is C93H78FN21O5. The first-order valence-electron chi connectivity index (χ1n) is 38.9. The van der Waals surface area contributed by atoms with Crippen molar-refractivity contribution in [3.8, 4) is 50.6 Å². The second kappa shape index (κ2) is 36.8. The number of fused-ring (bicyclic) bond motifs is 4. The third kappa shape index (κ3) is 19.1. The van der Waals surface area contributed by atoms with Crippen LogP contribution in [0.25, 0.3) is 88.1 Å². The zero-order chi connectivity index (χ0) is 82.1. The van der Waals surface area contributed by atoms with Gasteiger partial charge in [-0.05, 0) is 210 Å². The van der Waals surface area contributed by atoms with Crippen LogP contribution in [0.5, 0.6) is 0 Å². The predicted octanol–water partition coefficient (Wildman–Crippen LogP) is 16.9. The molecule has 0 saturated carbocycles. The fourth-order valence-corrected chi connectivity index (χ4v) is 14.3. The molecule has 26 nitrogen and oxygen atoms in total. The van der Waals surface area contributed by atoms with E-state index < -0.39 is 0 Å². The van der Waals surface area contributed by atoms with Crippen molar-refractivity contribution in [2.24, 2.45) is 0 Å². The highest BCUT2D eigenvalue weighted by molar-refractivity contribution is 6.14. The number of carbonyl (C=O) groups is 4. The minimum absolute atomic E-state index is 0.244. The van der Waals surface area contributed by atoms with Crippen LogP contribution in [0.3, 0.4) is 0 Å². The lowest BCUT2D eigenvalue weighted by Crippen LogP contribution is -2.36. The number of para-hydroxylation sites is 1. The Morgan fingerprint density at radius 2 is 0.900 bits per heavy atom. The van der Waals surface area contributed by atoms with Gasteiger partial charge in [-0.25, -0.2) is 9.37 Å². The first-order chi connectivity index (χ1) is 58.8. The van der Waals surface area contributed by atoms with E-state index >= 15 is 0 Å². The average molecular weight is 1590 g/mol. The van der Waals surface area contributed by atoms with Gasteiger partial charge in [0.1, 0.15) is 17.7 Å². The molecule has 2 saturated heterocycles. The van der Waals surface area contributed by atoms with E-state index in [4.69, 9.17) is 15.7 Å². The number of nitrogens with one attached hydrogen (secondary N) is 8. The van der Waals surface area contributed by atoms with Crippen LogP contribution in [0, 0.1) is 17.1 Å². The van der Waals surface area contributed by atoms with E-state index in [1.54, 1.807) is 79.9 Å². The minimum Gasteiger partial charge on any atom is -0.397 e. The Morgan fingerprint density at radius 3 is 1.44 bits per heavy atom. The highest BCUT2D eigenvalue weighted by Crippen LogP contribution is 2.33. The molecule has 0 bridgehead atoms. The van der Waals surface area contributed by atoms with Crippen LogP contribution in [-0.2, 0) is 17.7 Å². The van der Waals surface area contributed by atoms with Crippen LogP contribution in [0.4, 0.5) is 38.6 Å². The molecule has 4 amide bonds. The summed E-state index contributed by atoms with van der Waals surface area (Å²) in [6.07, 6.45) is 19.4. The molecule has 120 heavy (non-hydrogen) atoms. The summed E-state index contributed by atoms with van der Waals surface area (Å²) in [6, 6.07) is 72.4. The number of hydrogen-bond acceptors (Lipinski definition) is 18. The standard InChI is InChI=1S/C26H25FN4O.C26H20N4O.C22H21N7O2.C19H12N6O/c27-21-14-18(17-31-11-5-2-6-12-31)13-20(15-21)19-9-10-24-23(16-19)25(30-29-24)26(32)28-22-7-3-1-4-8-22;31-26(28-22-10-4-8-19(15-22)14-18-6-2-1-3-7-18)25-23-16-20(11-12-24(23)29-30-25)21-9-5-13-27-17-21;23-16-9-15(11-24-12-16)14-1-3-19-18(10-14)21(28-27-19)22(30)26-17-2-4-20(25-13-17)29-5-7-31-8-6-29;20-8-12-6-14(10-22-9-12)13-3-4-17-16(7-13)18(25-24-17)19(26)23-15-2-1-5-21-11-15/h1,3-4,7-10,13-16H,2,5-6,11-12,17H2,(H,28,32)(H,29,30);1-13,15-17H,14H2,(H,28,31)(H,29,30);1-4,9-13H,5-8,23H2,(H,26,30)(H,27,28);1-7,9-11H,(H,23,26)(H,24,25). The van der Waals surface area contributed by atoms with Crippen molar-refractivity contribution >= 4 is 101 Å². The van der Waals surface area contributed by atoms with Crippen LogP contribution in [-0.4, -0.2) is 134 Å². The second-order valence-electron chi connectivity index (χ2n) is 28.6. The van der Waals surface area contributed by atoms with Crippen molar-refractivity contribution in [1.82, 2.24) is 70.6 Å². The van der Waals surface area contributed by atoms with E-state index in [9.17, 15) is 23.6 Å². The van der Waals surface area contributed by atoms with Crippen molar-refractivity contribution in [1.29, 1.82) is 5.26 Å². The van der Waals surface area contributed by atoms with E-state index in [2.05, 4.69) is 121 Å². The van der Waals surface area contributed by atoms with Gasteiger partial charge in [0.05, 0.1) is 70.3 Å². The van der Waals surface area contributed by atoms with E-state index in [0.29, 0.717) is 69.4 Å². The highest BCUT2D eigenvalue weighted by Gasteiger charge is 2.23. The molecule has 0 unspecified atom stereocenters. The van der Waals surface area contributed by atoms with Gasteiger partial charge in [0.2, 0.25) is 0 Å². The molecule has 17 aromatic rings. The van der Waals surface area contributed by atoms with Crippen LogP contribution >= 0.6 is 0 Å². The Hall–Kier alpha value is -15.8. The third-order valence-corrected chi connectivity index (χ3v) is 20.3. The number of likely N-dealkylation sites (tertiary alicyclic amines) is 1. The molecule has 0 atom stereocenters. The number of aromatic nitrogens is 13. The second-order valence-corrected chi connectivity index (χ2v) is 28.6. The maximum atomic E-state index is 14.5. The summed E-state index contributed by atoms with van der Waals surface area (Å²) in [5.74, 6) is -0.549. The van der Waals surface area contributed by atoms with Crippen LogP contribution in [0.15, 0.2) is 280 Å². The van der Waals surface area contributed by atoms with Gasteiger partial charge in [-0.15, -0.1) is 0 Å². The monoisotopic (exact) mass is 1590 g/mol. The number of morpholine rings is 1. The Kier molecular flexibility index (Phi) is 23.9. The largest absolute Gasteiger partial charge is 0.397 e. The molecule has 10 N–H and O–H groups in total. The lowest BCUT2D eigenvalue weighted by atomic mass is 10.00. The van der Waals surface area contributed by atoms with Crippen molar-refractivity contribution in [3.05, 3.63) is 331 Å². The summed E-state index contributed by atoms with van der Waals surface area (Å²) in [5.41, 5.74) is 24.3. The Labute approximate surface area is 687 Å². The summed E-state index contributed by atoms with van der Waals surface area (Å²) in [5, 5.41) is 51.9. The first-order valence-corrected chi connectivity index (χ1v) is 38.9. The zero-order valence-corrected chi connectivity index (χ0v) is 64.7. The molecule has 2 aliphatic heterocycles. The number of nitrogens with two attached hydrogens (primary N) is 1. The normalized spacial score (nSPS) is 12.6. The minimum atomic E-state index is -0.328. The average Bonchev–Trinajstić information content (AvgIpc) is 1.65. The molecule has 2 fully saturated rings. The number of hydrogen-bond donors (Lipinski definition) is 9. The number of nitrogens with zero attached hydrogens (tertiary/aromatic N) is 12. The number of H-pyrrole nitrogens is 4. The van der Waals surface area contributed by atoms with Gasteiger partial charge in [0.15, 0.2) is 22.8 Å². The SMILES string of the molecule is N#Cc1cncc(-c2ccc3[nH]nc(C(=O)Nc4cccnc4)c3c2)c1.Nc1cncc(-c2ccc3[nH]nc(C(=O)Nc4ccc(N5CCOCC5)nc4)c3c2)c1.O=C(Nc1cccc(Cc2ccccc2)c1)c1n[nH]c2ccc(-c3cccnc3)cc12.O=C(Nc1ccccc1)c1n[nH]c2ccc(-c3cc(F)cc(CN4CCCCC4)c3)cc12. The number of rotatable bonds is 17. The number of halogens is 1. The topological polar surface area (TPSA) is 361 Å².